The molecule has 16 heavy (non-hydrogen) atoms. The van der Waals surface area contributed by atoms with Gasteiger partial charge in [-0.3, -0.25) is 9.59 Å². The maximum Gasteiger partial charge on any atom is 0.241 e. The predicted octanol–water partition coefficient (Wildman–Crippen LogP) is -0.0936. The first-order valence-corrected chi connectivity index (χ1v) is 5.46. The van der Waals surface area contributed by atoms with Crippen molar-refractivity contribution in [3.63, 3.8) is 0 Å². The molecule has 0 aliphatic carbocycles. The molecule has 2 N–H and O–H groups in total. The van der Waals surface area contributed by atoms with Crippen molar-refractivity contribution in [2.75, 3.05) is 27.7 Å². The zero-order valence-electron chi connectivity index (χ0n) is 10.9. The van der Waals surface area contributed by atoms with E-state index < -0.39 is 6.04 Å². The Morgan fingerprint density at radius 1 is 1.19 bits per heavy atom. The summed E-state index contributed by atoms with van der Waals surface area (Å²) < 4.78 is 0. The van der Waals surface area contributed by atoms with Crippen molar-refractivity contribution >= 4 is 11.8 Å². The van der Waals surface area contributed by atoms with Gasteiger partial charge in [0.05, 0.1) is 12.6 Å². The third-order valence-corrected chi connectivity index (χ3v) is 2.29. The molecule has 1 unspecified atom stereocenters. The van der Waals surface area contributed by atoms with Crippen molar-refractivity contribution < 1.29 is 9.59 Å². The number of amides is 2. The summed E-state index contributed by atoms with van der Waals surface area (Å²) >= 11 is 0. The Morgan fingerprint density at radius 3 is 2.06 bits per heavy atom. The Labute approximate surface area is 97.6 Å². The Morgan fingerprint density at radius 2 is 1.69 bits per heavy atom. The van der Waals surface area contributed by atoms with Crippen LogP contribution in [0.1, 0.15) is 20.3 Å². The van der Waals surface area contributed by atoms with Crippen LogP contribution in [0.25, 0.3) is 0 Å². The first-order valence-electron chi connectivity index (χ1n) is 5.46. The van der Waals surface area contributed by atoms with Gasteiger partial charge in [0.25, 0.3) is 0 Å². The molecule has 0 aromatic heterocycles. The van der Waals surface area contributed by atoms with Crippen molar-refractivity contribution in [1.29, 1.82) is 0 Å². The number of carbonyl (C=O) groups is 2. The van der Waals surface area contributed by atoms with Gasteiger partial charge in [-0.2, -0.15) is 0 Å². The van der Waals surface area contributed by atoms with Crippen molar-refractivity contribution in [3.8, 4) is 0 Å². The number of rotatable bonds is 5. The Balaban J connectivity index is 4.22. The number of hydrogen-bond acceptors (Lipinski definition) is 3. The second kappa shape index (κ2) is 6.48. The summed E-state index contributed by atoms with van der Waals surface area (Å²) in [4.78, 5) is 26.0. The highest BCUT2D eigenvalue weighted by Gasteiger charge is 2.21. The maximum absolute atomic E-state index is 11.8. The van der Waals surface area contributed by atoms with Crippen LogP contribution in [0.2, 0.25) is 0 Å². The van der Waals surface area contributed by atoms with Crippen molar-refractivity contribution in [2.24, 2.45) is 11.7 Å². The van der Waals surface area contributed by atoms with E-state index in [1.54, 1.807) is 21.1 Å². The largest absolute Gasteiger partial charge is 0.347 e. The standard InChI is InChI=1S/C11H23N3O2/c1-8(2)6-9(12)11(16)14(5)7-10(15)13(3)4/h8-9H,6-7,12H2,1-5H3. The molecule has 0 heterocycles. The first-order chi connectivity index (χ1) is 7.25. The molecule has 0 aliphatic rings. The highest BCUT2D eigenvalue weighted by atomic mass is 16.2. The lowest BCUT2D eigenvalue weighted by atomic mass is 10.0. The van der Waals surface area contributed by atoms with Gasteiger partial charge in [-0.25, -0.2) is 0 Å². The van der Waals surface area contributed by atoms with Gasteiger partial charge < -0.3 is 15.5 Å². The van der Waals surface area contributed by atoms with Gasteiger partial charge in [-0.1, -0.05) is 13.8 Å². The molecule has 5 heteroatoms. The summed E-state index contributed by atoms with van der Waals surface area (Å²) in [6.07, 6.45) is 0.638. The fourth-order valence-corrected chi connectivity index (χ4v) is 1.31. The van der Waals surface area contributed by atoms with E-state index in [2.05, 4.69) is 0 Å². The normalized spacial score (nSPS) is 12.4. The van der Waals surface area contributed by atoms with Crippen LogP contribution in [0.3, 0.4) is 0 Å². The zero-order valence-corrected chi connectivity index (χ0v) is 10.9. The van der Waals surface area contributed by atoms with Crippen LogP contribution in [0.4, 0.5) is 0 Å². The summed E-state index contributed by atoms with van der Waals surface area (Å²) in [6.45, 7) is 4.11. The molecule has 0 aromatic rings. The smallest absolute Gasteiger partial charge is 0.241 e. The summed E-state index contributed by atoms with van der Waals surface area (Å²) in [5, 5.41) is 0. The third-order valence-electron chi connectivity index (χ3n) is 2.29. The van der Waals surface area contributed by atoms with Crippen molar-refractivity contribution in [2.45, 2.75) is 26.3 Å². The number of likely N-dealkylation sites (N-methyl/N-ethyl adjacent to an activating group) is 2. The quantitative estimate of drug-likeness (QED) is 0.716. The van der Waals surface area contributed by atoms with Crippen molar-refractivity contribution in [1.82, 2.24) is 9.80 Å². The molecule has 0 fully saturated rings. The zero-order chi connectivity index (χ0) is 12.9. The fraction of sp³-hybridized carbons (Fsp3) is 0.818. The van der Waals surface area contributed by atoms with Crippen LogP contribution in [0.5, 0.6) is 0 Å². The molecule has 2 amide bonds. The second-order valence-electron chi connectivity index (χ2n) is 4.72. The topological polar surface area (TPSA) is 66.6 Å². The van der Waals surface area contributed by atoms with E-state index in [0.717, 1.165) is 0 Å². The number of carbonyl (C=O) groups excluding carboxylic acids is 2. The lowest BCUT2D eigenvalue weighted by molar-refractivity contribution is -0.138. The van der Waals surface area contributed by atoms with Gasteiger partial charge in [0, 0.05) is 21.1 Å². The summed E-state index contributed by atoms with van der Waals surface area (Å²) in [6, 6.07) is -0.514. The minimum Gasteiger partial charge on any atom is -0.347 e. The van der Waals surface area contributed by atoms with E-state index in [0.29, 0.717) is 12.3 Å². The van der Waals surface area contributed by atoms with E-state index in [1.165, 1.54) is 9.80 Å². The molecule has 0 aromatic carbocycles. The molecule has 0 aliphatic heterocycles. The van der Waals surface area contributed by atoms with Gasteiger partial charge in [0.1, 0.15) is 0 Å². The van der Waals surface area contributed by atoms with Crippen LogP contribution in [-0.4, -0.2) is 55.3 Å². The molecule has 0 spiro atoms. The average molecular weight is 229 g/mol. The van der Waals surface area contributed by atoms with Gasteiger partial charge in [-0.05, 0) is 12.3 Å². The first kappa shape index (κ1) is 14.9. The van der Waals surface area contributed by atoms with Crippen LogP contribution < -0.4 is 5.73 Å². The number of hydrogen-bond donors (Lipinski definition) is 1. The van der Waals surface area contributed by atoms with E-state index in [4.69, 9.17) is 5.73 Å². The van der Waals surface area contributed by atoms with Crippen molar-refractivity contribution in [3.05, 3.63) is 0 Å². The highest BCUT2D eigenvalue weighted by Crippen LogP contribution is 2.05. The number of nitrogens with two attached hydrogens (primary N) is 1. The Kier molecular flexibility index (Phi) is 6.03. The lowest BCUT2D eigenvalue weighted by Gasteiger charge is -2.23. The molecular formula is C11H23N3O2. The molecule has 0 saturated heterocycles. The van der Waals surface area contributed by atoms with Crippen LogP contribution in [0, 0.1) is 5.92 Å². The maximum atomic E-state index is 11.8. The van der Waals surface area contributed by atoms with E-state index in [9.17, 15) is 9.59 Å². The molecule has 0 rings (SSSR count). The van der Waals surface area contributed by atoms with E-state index >= 15 is 0 Å². The highest BCUT2D eigenvalue weighted by molar-refractivity contribution is 5.87. The molecule has 5 nitrogen and oxygen atoms in total. The Hall–Kier alpha value is -1.10. The summed E-state index contributed by atoms with van der Waals surface area (Å²) in [5.41, 5.74) is 5.75. The monoisotopic (exact) mass is 229 g/mol. The summed E-state index contributed by atoms with van der Waals surface area (Å²) in [7, 11) is 4.92. The SMILES string of the molecule is CC(C)CC(N)C(=O)N(C)CC(=O)N(C)C. The molecule has 94 valence electrons. The van der Waals surface area contributed by atoms with E-state index in [-0.39, 0.29) is 18.4 Å². The minimum atomic E-state index is -0.514. The summed E-state index contributed by atoms with van der Waals surface area (Å²) in [5.74, 6) is 0.0911. The second-order valence-corrected chi connectivity index (χ2v) is 4.72. The van der Waals surface area contributed by atoms with Crippen LogP contribution in [0.15, 0.2) is 0 Å². The average Bonchev–Trinajstić information content (AvgIpc) is 2.14. The minimum absolute atomic E-state index is 0.0810. The van der Waals surface area contributed by atoms with Gasteiger partial charge in [-0.15, -0.1) is 0 Å². The molecule has 1 atom stereocenters. The molecule has 0 saturated carbocycles. The molecule has 0 bridgehead atoms. The third kappa shape index (κ3) is 5.11. The molecular weight excluding hydrogens is 206 g/mol. The van der Waals surface area contributed by atoms with E-state index in [1.807, 2.05) is 13.8 Å². The lowest BCUT2D eigenvalue weighted by Crippen LogP contribution is -2.46. The van der Waals surface area contributed by atoms with Gasteiger partial charge in [0.2, 0.25) is 11.8 Å². The number of nitrogens with zero attached hydrogens (tertiary/aromatic N) is 2. The van der Waals surface area contributed by atoms with Gasteiger partial charge >= 0.3 is 0 Å². The van der Waals surface area contributed by atoms with Crippen LogP contribution >= 0.6 is 0 Å². The van der Waals surface area contributed by atoms with Crippen LogP contribution in [-0.2, 0) is 9.59 Å². The predicted molar refractivity (Wildman–Crippen MR) is 63.8 cm³/mol. The fourth-order valence-electron chi connectivity index (χ4n) is 1.31. The molecule has 0 radical (unpaired) electrons. The van der Waals surface area contributed by atoms with Gasteiger partial charge in [0.15, 0.2) is 0 Å². The Bertz CT molecular complexity index is 252.